The van der Waals surface area contributed by atoms with Crippen molar-refractivity contribution in [3.63, 3.8) is 0 Å². The summed E-state index contributed by atoms with van der Waals surface area (Å²) < 4.78 is 21.5. The second-order valence-electron chi connectivity index (χ2n) is 10.0. The van der Waals surface area contributed by atoms with Gasteiger partial charge >= 0.3 is 0 Å². The van der Waals surface area contributed by atoms with Gasteiger partial charge in [0.1, 0.15) is 22.8 Å². The molecule has 2 fully saturated rings. The van der Waals surface area contributed by atoms with Gasteiger partial charge in [-0.05, 0) is 35.4 Å². The van der Waals surface area contributed by atoms with E-state index in [4.69, 9.17) is 42.1 Å². The molecule has 2 N–H and O–H groups in total. The smallest absolute Gasteiger partial charge is 0.262 e. The molecule has 1 aromatic heterocycles. The highest BCUT2D eigenvalue weighted by molar-refractivity contribution is 6.34. The Morgan fingerprint density at radius 3 is 1.36 bits per heavy atom. The van der Waals surface area contributed by atoms with Gasteiger partial charge in [-0.1, -0.05) is 36.4 Å². The van der Waals surface area contributed by atoms with E-state index in [1.54, 1.807) is 38.5 Å². The quantitative estimate of drug-likeness (QED) is 0.186. The summed E-state index contributed by atoms with van der Waals surface area (Å²) in [7, 11) is 6.17. The zero-order valence-corrected chi connectivity index (χ0v) is 25.6. The lowest BCUT2D eigenvalue weighted by atomic mass is 9.95. The van der Waals surface area contributed by atoms with Crippen molar-refractivity contribution >= 4 is 57.4 Å². The maximum atomic E-state index is 12.9. The van der Waals surface area contributed by atoms with Gasteiger partial charge in [-0.2, -0.15) is 0 Å². The normalized spacial score (nSPS) is 21.0. The summed E-state index contributed by atoms with van der Waals surface area (Å²) in [6.07, 6.45) is 0. The molecule has 14 heteroatoms. The third kappa shape index (κ3) is 4.80. The van der Waals surface area contributed by atoms with Gasteiger partial charge in [0, 0.05) is 10.8 Å². The number of anilines is 2. The van der Waals surface area contributed by atoms with Crippen LogP contribution in [0.5, 0.6) is 23.0 Å². The van der Waals surface area contributed by atoms with Gasteiger partial charge < -0.3 is 18.9 Å². The summed E-state index contributed by atoms with van der Waals surface area (Å²) in [5.41, 5.74) is 7.69. The largest absolute Gasteiger partial charge is 0.493 e. The SMILES string of the molecule is COc1ccc(C2C(Cl)C(=O)N2Nc2nnc(NN3C(=O)C(Cl)C3c3ccc(OC)c(OC)c3)c3ccccc23)cc1OC. The lowest BCUT2D eigenvalue weighted by molar-refractivity contribution is -0.143. The van der Waals surface area contributed by atoms with Crippen LogP contribution in [0.25, 0.3) is 10.8 Å². The molecule has 0 spiro atoms. The first kappa shape index (κ1) is 29.4. The van der Waals surface area contributed by atoms with E-state index in [2.05, 4.69) is 21.0 Å². The molecule has 2 aliphatic rings. The van der Waals surface area contributed by atoms with Gasteiger partial charge in [-0.3, -0.25) is 20.4 Å². The highest BCUT2D eigenvalue weighted by atomic mass is 35.5. The summed E-state index contributed by atoms with van der Waals surface area (Å²) in [6, 6.07) is 17.0. The Balaban J connectivity index is 1.28. The Kier molecular flexibility index (Phi) is 7.87. The number of fused-ring (bicyclic) bond motifs is 1. The third-order valence-corrected chi connectivity index (χ3v) is 8.55. The molecule has 0 saturated carbocycles. The summed E-state index contributed by atoms with van der Waals surface area (Å²) in [6.45, 7) is 0. The van der Waals surface area contributed by atoms with Gasteiger partial charge in [0.05, 0.1) is 28.4 Å². The molecule has 3 aromatic carbocycles. The van der Waals surface area contributed by atoms with Gasteiger partial charge in [-0.15, -0.1) is 33.4 Å². The van der Waals surface area contributed by atoms with Gasteiger partial charge in [0.15, 0.2) is 34.6 Å². The van der Waals surface area contributed by atoms with Gasteiger partial charge in [-0.25, -0.2) is 10.0 Å². The topological polar surface area (TPSA) is 127 Å². The summed E-state index contributed by atoms with van der Waals surface area (Å²) >= 11 is 12.9. The van der Waals surface area contributed by atoms with Crippen molar-refractivity contribution in [3.05, 3.63) is 71.8 Å². The molecule has 6 rings (SSSR count). The molecule has 4 aromatic rings. The van der Waals surface area contributed by atoms with E-state index in [0.29, 0.717) is 45.4 Å². The number of carbonyl (C=O) groups excluding carboxylic acids is 2. The number of rotatable bonds is 10. The van der Waals surface area contributed by atoms with Crippen LogP contribution in [0.4, 0.5) is 11.6 Å². The van der Waals surface area contributed by atoms with Gasteiger partial charge in [0.2, 0.25) is 0 Å². The van der Waals surface area contributed by atoms with E-state index in [9.17, 15) is 9.59 Å². The van der Waals surface area contributed by atoms with Crippen molar-refractivity contribution in [3.8, 4) is 23.0 Å². The Morgan fingerprint density at radius 2 is 1.00 bits per heavy atom. The Labute approximate surface area is 262 Å². The first-order chi connectivity index (χ1) is 21.3. The molecular formula is C30H28Cl2N6O6. The maximum absolute atomic E-state index is 12.9. The average Bonchev–Trinajstić information content (AvgIpc) is 3.07. The molecule has 0 bridgehead atoms. The van der Waals surface area contributed by atoms with Crippen LogP contribution in [-0.2, 0) is 9.59 Å². The number of nitrogens with zero attached hydrogens (tertiary/aromatic N) is 4. The van der Waals surface area contributed by atoms with E-state index < -0.39 is 22.8 Å². The number of hydrogen-bond acceptors (Lipinski definition) is 10. The van der Waals surface area contributed by atoms with Crippen LogP contribution in [0.1, 0.15) is 23.2 Å². The molecule has 44 heavy (non-hydrogen) atoms. The van der Waals surface area contributed by atoms with E-state index in [1.165, 1.54) is 24.2 Å². The van der Waals surface area contributed by atoms with E-state index in [0.717, 1.165) is 11.1 Å². The minimum atomic E-state index is -0.796. The number of carbonyl (C=O) groups is 2. The molecule has 0 aliphatic carbocycles. The summed E-state index contributed by atoms with van der Waals surface area (Å²) in [5, 5.41) is 11.3. The molecule has 2 amide bonds. The lowest BCUT2D eigenvalue weighted by Gasteiger charge is -2.45. The number of hydrazine groups is 2. The Morgan fingerprint density at radius 1 is 0.614 bits per heavy atom. The minimum Gasteiger partial charge on any atom is -0.493 e. The standard InChI is InChI=1S/C30H28Cl2N6O6/c1-41-19-11-9-15(13-21(19)43-3)25-23(31)29(39)37(25)35-27-17-7-5-6-8-18(17)28(34-33-27)36-38-26(24(32)30(38)40)16-10-12-20(42-2)22(14-16)44-4/h5-14,23-26H,1-4H3,(H,33,35)(H,34,36). The predicted octanol–water partition coefficient (Wildman–Crippen LogP) is 4.70. The molecule has 3 heterocycles. The summed E-state index contributed by atoms with van der Waals surface area (Å²) in [4.78, 5) is 25.8. The van der Waals surface area contributed by atoms with Crippen LogP contribution in [0.2, 0.25) is 0 Å². The van der Waals surface area contributed by atoms with Crippen molar-refractivity contribution in [2.24, 2.45) is 0 Å². The molecule has 228 valence electrons. The summed E-state index contributed by atoms with van der Waals surface area (Å²) in [5.74, 6) is 2.16. The highest BCUT2D eigenvalue weighted by Gasteiger charge is 2.49. The number of β-lactam (4-membered cyclic amide) rings is 2. The number of amides is 2. The van der Waals surface area contributed by atoms with Crippen LogP contribution in [-0.4, -0.2) is 71.2 Å². The Bertz CT molecular complexity index is 1630. The molecular weight excluding hydrogens is 611 g/mol. The van der Waals surface area contributed by atoms with E-state index in [-0.39, 0.29) is 11.8 Å². The van der Waals surface area contributed by atoms with Crippen LogP contribution in [0.15, 0.2) is 60.7 Å². The van der Waals surface area contributed by atoms with Crippen LogP contribution >= 0.6 is 23.2 Å². The van der Waals surface area contributed by atoms with Crippen LogP contribution in [0, 0.1) is 0 Å². The number of aromatic nitrogens is 2. The van der Waals surface area contributed by atoms with Crippen molar-refractivity contribution in [1.82, 2.24) is 20.2 Å². The van der Waals surface area contributed by atoms with E-state index >= 15 is 0 Å². The first-order valence-electron chi connectivity index (χ1n) is 13.5. The molecule has 2 saturated heterocycles. The lowest BCUT2D eigenvalue weighted by Crippen LogP contribution is -2.59. The number of methoxy groups -OCH3 is 4. The van der Waals surface area contributed by atoms with Crippen molar-refractivity contribution in [2.75, 3.05) is 39.3 Å². The fourth-order valence-electron chi connectivity index (χ4n) is 5.36. The minimum absolute atomic E-state index is 0.323. The second-order valence-corrected chi connectivity index (χ2v) is 10.9. The first-order valence-corrected chi connectivity index (χ1v) is 14.3. The second kappa shape index (κ2) is 11.8. The monoisotopic (exact) mass is 638 g/mol. The zero-order chi connectivity index (χ0) is 31.1. The zero-order valence-electron chi connectivity index (χ0n) is 24.1. The number of alkyl halides is 2. The number of benzene rings is 3. The van der Waals surface area contributed by atoms with Crippen molar-refractivity contribution < 1.29 is 28.5 Å². The van der Waals surface area contributed by atoms with Gasteiger partial charge in [0.25, 0.3) is 11.8 Å². The fraction of sp³-hybridized carbons (Fsp3) is 0.267. The maximum Gasteiger partial charge on any atom is 0.262 e. The molecule has 2 aliphatic heterocycles. The molecule has 12 nitrogen and oxygen atoms in total. The number of hydrogen-bond donors (Lipinski definition) is 2. The number of ether oxygens (including phenoxy) is 4. The van der Waals surface area contributed by atoms with E-state index in [1.807, 2.05) is 36.4 Å². The van der Waals surface area contributed by atoms with Crippen LogP contribution in [0.3, 0.4) is 0 Å². The predicted molar refractivity (Wildman–Crippen MR) is 164 cm³/mol. The van der Waals surface area contributed by atoms with Crippen LogP contribution < -0.4 is 29.8 Å². The molecule has 0 radical (unpaired) electrons. The third-order valence-electron chi connectivity index (χ3n) is 7.70. The highest BCUT2D eigenvalue weighted by Crippen LogP contribution is 2.44. The van der Waals surface area contributed by atoms with Crippen molar-refractivity contribution in [2.45, 2.75) is 22.8 Å². The number of nitrogens with one attached hydrogen (secondary N) is 2. The molecule has 4 unspecified atom stereocenters. The number of halogens is 2. The molecule has 4 atom stereocenters. The Hall–Kier alpha value is -4.68. The van der Waals surface area contributed by atoms with Crippen molar-refractivity contribution in [1.29, 1.82) is 0 Å². The average molecular weight is 639 g/mol. The fourth-order valence-corrected chi connectivity index (χ4v) is 6.09.